The highest BCUT2D eigenvalue weighted by Gasteiger charge is 2.54. The zero-order chi connectivity index (χ0) is 24.7. The number of nitrogens with zero attached hydrogens (tertiary/aromatic N) is 3. The second-order valence-corrected chi connectivity index (χ2v) is 11.3. The second-order valence-electron chi connectivity index (χ2n) is 8.55. The van der Waals surface area contributed by atoms with Crippen molar-refractivity contribution in [1.82, 2.24) is 9.97 Å². The highest BCUT2D eigenvalue weighted by atomic mass is 35.5. The molecule has 2 N–H and O–H groups in total. The minimum atomic E-state index is -3.96. The molecule has 2 aromatic heterocycles. The molecular formula is C24H22ClFN4O3S. The van der Waals surface area contributed by atoms with Gasteiger partial charge in [0.2, 0.25) is 0 Å². The molecule has 0 saturated heterocycles. The van der Waals surface area contributed by atoms with Crippen LogP contribution in [0.4, 0.5) is 4.39 Å². The van der Waals surface area contributed by atoms with E-state index in [-0.39, 0.29) is 35.0 Å². The van der Waals surface area contributed by atoms with E-state index in [0.717, 1.165) is 0 Å². The number of benzene rings is 1. The number of ketones is 1. The number of amidine groups is 1. The second kappa shape index (κ2) is 8.56. The van der Waals surface area contributed by atoms with Crippen LogP contribution in [0.5, 0.6) is 0 Å². The number of carbonyl (C=O) groups excluding carboxylic acids is 1. The lowest BCUT2D eigenvalue weighted by Crippen LogP contribution is -2.55. The molecule has 1 aromatic carbocycles. The summed E-state index contributed by atoms with van der Waals surface area (Å²) < 4.78 is 40.3. The predicted molar refractivity (Wildman–Crippen MR) is 128 cm³/mol. The predicted octanol–water partition coefficient (Wildman–Crippen LogP) is 3.61. The Morgan fingerprint density at radius 1 is 1.15 bits per heavy atom. The highest BCUT2D eigenvalue weighted by molar-refractivity contribution is 7.93. The van der Waals surface area contributed by atoms with Crippen LogP contribution in [0.25, 0.3) is 0 Å². The van der Waals surface area contributed by atoms with Crippen molar-refractivity contribution in [2.45, 2.75) is 30.6 Å². The monoisotopic (exact) mass is 500 g/mol. The molecule has 3 heterocycles. The van der Waals surface area contributed by atoms with Gasteiger partial charge >= 0.3 is 0 Å². The fraction of sp³-hybridized carbons (Fsp3) is 0.250. The summed E-state index contributed by atoms with van der Waals surface area (Å²) in [6, 6.07) is 12.1. The maximum atomic E-state index is 15.0. The maximum Gasteiger partial charge on any atom is 0.185 e. The van der Waals surface area contributed by atoms with E-state index in [1.165, 1.54) is 50.5 Å². The number of Topliss-reactive ketones (excluding diaryl/α,β-unsaturated/α-hetero) is 1. The zero-order valence-electron chi connectivity index (χ0n) is 18.5. The van der Waals surface area contributed by atoms with E-state index in [1.807, 2.05) is 0 Å². The fourth-order valence-electron chi connectivity index (χ4n) is 4.06. The van der Waals surface area contributed by atoms with Crippen LogP contribution in [-0.4, -0.2) is 35.8 Å². The van der Waals surface area contributed by atoms with Crippen molar-refractivity contribution in [3.05, 3.63) is 94.3 Å². The molecule has 176 valence electrons. The van der Waals surface area contributed by atoms with Gasteiger partial charge in [-0.15, -0.1) is 0 Å². The van der Waals surface area contributed by atoms with Gasteiger partial charge in [0.05, 0.1) is 16.5 Å². The van der Waals surface area contributed by atoms with Crippen LogP contribution in [0.2, 0.25) is 5.02 Å². The molecule has 4 rings (SSSR count). The number of carbonyl (C=O) groups is 1. The molecule has 3 aromatic rings. The van der Waals surface area contributed by atoms with Crippen molar-refractivity contribution >= 4 is 33.1 Å². The molecule has 34 heavy (non-hydrogen) atoms. The summed E-state index contributed by atoms with van der Waals surface area (Å²) in [6.07, 6.45) is 2.79. The van der Waals surface area contributed by atoms with Gasteiger partial charge in [0.1, 0.15) is 22.9 Å². The van der Waals surface area contributed by atoms with Crippen molar-refractivity contribution in [2.75, 3.05) is 5.75 Å². The van der Waals surface area contributed by atoms with Gasteiger partial charge in [-0.25, -0.2) is 12.8 Å². The summed E-state index contributed by atoms with van der Waals surface area (Å²) in [4.78, 5) is 25.3. The van der Waals surface area contributed by atoms with Crippen LogP contribution in [0.15, 0.2) is 65.9 Å². The lowest BCUT2D eigenvalue weighted by Gasteiger charge is -2.39. The summed E-state index contributed by atoms with van der Waals surface area (Å²) in [5, 5.41) is 0.403. The third-order valence-corrected chi connectivity index (χ3v) is 8.92. The summed E-state index contributed by atoms with van der Waals surface area (Å²) in [5.41, 5.74) is 5.73. The molecule has 0 fully saturated rings. The van der Waals surface area contributed by atoms with Crippen molar-refractivity contribution in [3.63, 3.8) is 0 Å². The molecule has 7 nitrogen and oxygen atoms in total. The minimum absolute atomic E-state index is 0.0384. The van der Waals surface area contributed by atoms with E-state index in [2.05, 4.69) is 15.0 Å². The van der Waals surface area contributed by atoms with Gasteiger partial charge < -0.3 is 5.73 Å². The number of hydrogen-bond donors (Lipinski definition) is 1. The van der Waals surface area contributed by atoms with Gasteiger partial charge in [-0.05, 0) is 55.8 Å². The Morgan fingerprint density at radius 3 is 2.53 bits per heavy atom. The molecular weight excluding hydrogens is 479 g/mol. The molecule has 0 amide bonds. The van der Waals surface area contributed by atoms with Gasteiger partial charge in [0, 0.05) is 24.4 Å². The Balaban J connectivity index is 1.73. The van der Waals surface area contributed by atoms with Crippen LogP contribution >= 0.6 is 11.6 Å². The average molecular weight is 501 g/mol. The van der Waals surface area contributed by atoms with Crippen LogP contribution in [-0.2, 0) is 26.5 Å². The van der Waals surface area contributed by atoms with Crippen molar-refractivity contribution in [2.24, 2.45) is 10.7 Å². The smallest absolute Gasteiger partial charge is 0.185 e. The minimum Gasteiger partial charge on any atom is -0.386 e. The van der Waals surface area contributed by atoms with E-state index in [9.17, 15) is 17.6 Å². The zero-order valence-corrected chi connectivity index (χ0v) is 20.1. The number of aliphatic imine (C=N–C) groups is 1. The lowest BCUT2D eigenvalue weighted by atomic mass is 9.90. The van der Waals surface area contributed by atoms with Crippen molar-refractivity contribution in [1.29, 1.82) is 0 Å². The van der Waals surface area contributed by atoms with E-state index < -0.39 is 31.7 Å². The Labute approximate surface area is 201 Å². The van der Waals surface area contributed by atoms with Crippen LogP contribution in [0, 0.1) is 5.82 Å². The maximum absolute atomic E-state index is 15.0. The van der Waals surface area contributed by atoms with Crippen molar-refractivity contribution in [3.8, 4) is 0 Å². The molecule has 2 atom stereocenters. The normalized spacial score (nSPS) is 23.8. The standard InChI is InChI=1S/C24H22ClFN4O3S/c1-23(14-34(32,33)24(2,22(27)30-23)21-5-3-4-10-28-21)17-11-15(6-8-18(17)26)12-20(31)19-9-7-16(25)13-29-19/h3-11,13H,12,14H2,1-2H3,(H2,27,30)/t23-,24+/m0/s1. The Hall–Kier alpha value is -3.17. The first-order chi connectivity index (χ1) is 16.0. The van der Waals surface area contributed by atoms with E-state index in [1.54, 1.807) is 24.3 Å². The number of sulfone groups is 1. The molecule has 10 heteroatoms. The summed E-state index contributed by atoms with van der Waals surface area (Å²) in [5.74, 6) is -1.59. The number of halogens is 2. The highest BCUT2D eigenvalue weighted by Crippen LogP contribution is 2.42. The Kier molecular flexibility index (Phi) is 6.03. The lowest BCUT2D eigenvalue weighted by molar-refractivity contribution is 0.0988. The number of pyridine rings is 2. The van der Waals surface area contributed by atoms with E-state index in [4.69, 9.17) is 17.3 Å². The van der Waals surface area contributed by atoms with Crippen molar-refractivity contribution < 1.29 is 17.6 Å². The summed E-state index contributed by atoms with van der Waals surface area (Å²) in [6.45, 7) is 2.97. The first kappa shape index (κ1) is 24.0. The molecule has 0 saturated carbocycles. The van der Waals surface area contributed by atoms with Crippen LogP contribution < -0.4 is 5.73 Å². The third kappa shape index (κ3) is 4.10. The summed E-state index contributed by atoms with van der Waals surface area (Å²) >= 11 is 5.82. The van der Waals surface area contributed by atoms with Gasteiger partial charge in [-0.2, -0.15) is 0 Å². The van der Waals surface area contributed by atoms with Crippen LogP contribution in [0.3, 0.4) is 0 Å². The molecule has 1 aliphatic heterocycles. The Morgan fingerprint density at radius 2 is 1.91 bits per heavy atom. The Bertz CT molecular complexity index is 1400. The van der Waals surface area contributed by atoms with E-state index >= 15 is 0 Å². The number of rotatable bonds is 5. The first-order valence-electron chi connectivity index (χ1n) is 10.4. The topological polar surface area (TPSA) is 115 Å². The van der Waals surface area contributed by atoms with Gasteiger partial charge in [0.25, 0.3) is 0 Å². The molecule has 1 aliphatic rings. The SMILES string of the molecule is C[C@@]1(c2ccccn2)C(N)=N[C@](C)(c2cc(CC(=O)c3ccc(Cl)cn3)ccc2F)CS1(=O)=O. The van der Waals surface area contributed by atoms with E-state index in [0.29, 0.717) is 10.6 Å². The van der Waals surface area contributed by atoms with Crippen LogP contribution in [0.1, 0.15) is 41.2 Å². The number of nitrogens with two attached hydrogens (primary N) is 1. The first-order valence-corrected chi connectivity index (χ1v) is 12.4. The summed E-state index contributed by atoms with van der Waals surface area (Å²) in [7, 11) is -3.96. The average Bonchev–Trinajstić information content (AvgIpc) is 2.79. The molecule has 0 aliphatic carbocycles. The van der Waals surface area contributed by atoms with Gasteiger partial charge in [0.15, 0.2) is 20.4 Å². The molecule has 0 unspecified atom stereocenters. The van der Waals surface area contributed by atoms with Gasteiger partial charge in [-0.3, -0.25) is 19.8 Å². The quantitative estimate of drug-likeness (QED) is 0.535. The molecule has 0 spiro atoms. The fourth-order valence-corrected chi connectivity index (χ4v) is 6.23. The van der Waals surface area contributed by atoms with Gasteiger partial charge in [-0.1, -0.05) is 23.7 Å². The third-order valence-electron chi connectivity index (χ3n) is 6.09. The molecule has 0 bridgehead atoms. The largest absolute Gasteiger partial charge is 0.386 e. The number of aromatic nitrogens is 2. The number of hydrogen-bond acceptors (Lipinski definition) is 7. The molecule has 0 radical (unpaired) electrons.